The number of nitrogens with one attached hydrogen (secondary N) is 2. The van der Waals surface area contributed by atoms with E-state index in [0.29, 0.717) is 35.5 Å². The number of benzene rings is 1. The van der Waals surface area contributed by atoms with Crippen LogP contribution in [0.25, 0.3) is 0 Å². The normalized spacial score (nSPS) is 22.0. The summed E-state index contributed by atoms with van der Waals surface area (Å²) in [6.45, 7) is 3.02. The van der Waals surface area contributed by atoms with Crippen LogP contribution < -0.4 is 10.0 Å². The molecule has 2 N–H and O–H groups in total. The first-order valence-electron chi connectivity index (χ1n) is 6.47. The summed E-state index contributed by atoms with van der Waals surface area (Å²) >= 11 is 12.2. The molecule has 7 heteroatoms. The Hall–Kier alpha value is -0.330. The highest BCUT2D eigenvalue weighted by Gasteiger charge is 2.33. The minimum atomic E-state index is -3.63. The molecular formula is C13H18Cl2N2O2S. The molecule has 1 aromatic carbocycles. The summed E-state index contributed by atoms with van der Waals surface area (Å²) in [5, 5.41) is 3.52. The van der Waals surface area contributed by atoms with Crippen LogP contribution in [0.4, 0.5) is 0 Å². The van der Waals surface area contributed by atoms with Gasteiger partial charge in [0, 0.05) is 18.1 Å². The van der Waals surface area contributed by atoms with Gasteiger partial charge < -0.3 is 5.32 Å². The number of rotatable bonds is 6. The Kier molecular flexibility index (Phi) is 4.97. The van der Waals surface area contributed by atoms with Crippen molar-refractivity contribution in [1.82, 2.24) is 10.0 Å². The maximum Gasteiger partial charge on any atom is 0.242 e. The second-order valence-corrected chi connectivity index (χ2v) is 7.78. The van der Waals surface area contributed by atoms with Crippen LogP contribution in [0.3, 0.4) is 0 Å². The third kappa shape index (κ3) is 3.65. The summed E-state index contributed by atoms with van der Waals surface area (Å²) in [6, 6.07) is 3.06. The molecule has 0 heterocycles. The first-order valence-corrected chi connectivity index (χ1v) is 8.71. The fraction of sp³-hybridized carbons (Fsp3) is 0.538. The highest BCUT2D eigenvalue weighted by molar-refractivity contribution is 7.89. The zero-order valence-electron chi connectivity index (χ0n) is 11.4. The lowest BCUT2D eigenvalue weighted by Gasteiger charge is -2.12. The maximum absolute atomic E-state index is 12.3. The molecule has 1 aromatic rings. The van der Waals surface area contributed by atoms with E-state index in [2.05, 4.69) is 17.0 Å². The molecule has 0 amide bonds. The Morgan fingerprint density at radius 2 is 2.00 bits per heavy atom. The van der Waals surface area contributed by atoms with Gasteiger partial charge in [-0.1, -0.05) is 30.1 Å². The largest absolute Gasteiger partial charge is 0.316 e. The highest BCUT2D eigenvalue weighted by Crippen LogP contribution is 2.37. The van der Waals surface area contributed by atoms with Crippen molar-refractivity contribution in [3.8, 4) is 0 Å². The first-order chi connectivity index (χ1) is 9.35. The number of sulfonamides is 1. The first kappa shape index (κ1) is 16.0. The van der Waals surface area contributed by atoms with Gasteiger partial charge in [0.15, 0.2) is 0 Å². The molecule has 1 saturated carbocycles. The summed E-state index contributed by atoms with van der Waals surface area (Å²) in [4.78, 5) is 0.0465. The van der Waals surface area contributed by atoms with Gasteiger partial charge in [-0.15, -0.1) is 0 Å². The molecule has 0 aromatic heterocycles. The Balaban J connectivity index is 2.25. The van der Waals surface area contributed by atoms with Crippen molar-refractivity contribution < 1.29 is 8.42 Å². The SMILES string of the molecule is CNCc1cc(Cl)cc(S(=O)(=O)NCC2CC2C)c1Cl. The maximum atomic E-state index is 12.3. The van der Waals surface area contributed by atoms with Gasteiger partial charge >= 0.3 is 0 Å². The Bertz CT molecular complexity index is 605. The minimum Gasteiger partial charge on any atom is -0.316 e. The summed E-state index contributed by atoms with van der Waals surface area (Å²) < 4.78 is 27.3. The van der Waals surface area contributed by atoms with Crippen LogP contribution in [0.2, 0.25) is 10.0 Å². The van der Waals surface area contributed by atoms with E-state index >= 15 is 0 Å². The van der Waals surface area contributed by atoms with Gasteiger partial charge in [-0.3, -0.25) is 0 Å². The zero-order chi connectivity index (χ0) is 14.9. The monoisotopic (exact) mass is 336 g/mol. The van der Waals surface area contributed by atoms with Gasteiger partial charge in [0.2, 0.25) is 10.0 Å². The molecule has 1 fully saturated rings. The summed E-state index contributed by atoms with van der Waals surface area (Å²) in [6.07, 6.45) is 1.07. The highest BCUT2D eigenvalue weighted by atomic mass is 35.5. The zero-order valence-corrected chi connectivity index (χ0v) is 13.7. The van der Waals surface area contributed by atoms with E-state index in [1.807, 2.05) is 0 Å². The van der Waals surface area contributed by atoms with E-state index in [1.54, 1.807) is 13.1 Å². The smallest absolute Gasteiger partial charge is 0.242 e. The topological polar surface area (TPSA) is 58.2 Å². The average Bonchev–Trinajstić information content (AvgIpc) is 3.07. The second-order valence-electron chi connectivity index (χ2n) is 5.23. The predicted octanol–water partition coefficient (Wildman–Crippen LogP) is 2.65. The molecule has 2 rings (SSSR count). The summed E-state index contributed by atoms with van der Waals surface area (Å²) in [5.41, 5.74) is 0.668. The minimum absolute atomic E-state index is 0.0465. The van der Waals surface area contributed by atoms with E-state index in [-0.39, 0.29) is 9.92 Å². The molecule has 2 atom stereocenters. The van der Waals surface area contributed by atoms with Gasteiger partial charge in [0.1, 0.15) is 4.90 Å². The van der Waals surface area contributed by atoms with Crippen molar-refractivity contribution in [2.75, 3.05) is 13.6 Å². The molecule has 0 radical (unpaired) electrons. The van der Waals surface area contributed by atoms with Crippen LogP contribution in [-0.2, 0) is 16.6 Å². The van der Waals surface area contributed by atoms with Gasteiger partial charge in [0.05, 0.1) is 5.02 Å². The molecule has 0 aliphatic heterocycles. The fourth-order valence-corrected chi connectivity index (χ4v) is 4.14. The molecular weight excluding hydrogens is 319 g/mol. The third-order valence-electron chi connectivity index (χ3n) is 3.55. The van der Waals surface area contributed by atoms with Crippen LogP contribution in [0.15, 0.2) is 17.0 Å². The van der Waals surface area contributed by atoms with Crippen molar-refractivity contribution in [3.63, 3.8) is 0 Å². The van der Waals surface area contributed by atoms with Crippen molar-refractivity contribution in [2.45, 2.75) is 24.8 Å². The predicted molar refractivity (Wildman–Crippen MR) is 81.7 cm³/mol. The Morgan fingerprint density at radius 3 is 2.55 bits per heavy atom. The quantitative estimate of drug-likeness (QED) is 0.839. The molecule has 1 aliphatic carbocycles. The van der Waals surface area contributed by atoms with Crippen molar-refractivity contribution in [2.24, 2.45) is 11.8 Å². The third-order valence-corrected chi connectivity index (χ3v) is 5.77. The molecule has 4 nitrogen and oxygen atoms in total. The summed E-state index contributed by atoms with van der Waals surface area (Å²) in [5.74, 6) is 1.02. The lowest BCUT2D eigenvalue weighted by atomic mass is 10.2. The lowest BCUT2D eigenvalue weighted by Crippen LogP contribution is -2.26. The number of hydrogen-bond donors (Lipinski definition) is 2. The Morgan fingerprint density at radius 1 is 1.35 bits per heavy atom. The van der Waals surface area contributed by atoms with Crippen LogP contribution in [-0.4, -0.2) is 22.0 Å². The van der Waals surface area contributed by atoms with Crippen molar-refractivity contribution >= 4 is 33.2 Å². The molecule has 0 saturated heterocycles. The van der Waals surface area contributed by atoms with Crippen molar-refractivity contribution in [1.29, 1.82) is 0 Å². The van der Waals surface area contributed by atoms with Gasteiger partial charge in [-0.2, -0.15) is 0 Å². The average molecular weight is 337 g/mol. The van der Waals surface area contributed by atoms with Gasteiger partial charge in [-0.05, 0) is 43.0 Å². The second kappa shape index (κ2) is 6.20. The standard InChI is InChI=1S/C13H18Cl2N2O2S/c1-8-3-9(8)7-17-20(18,19)12-5-11(14)4-10(6-16-2)13(12)15/h4-5,8-9,16-17H,3,6-7H2,1-2H3. The van der Waals surface area contributed by atoms with Crippen molar-refractivity contribution in [3.05, 3.63) is 27.7 Å². The van der Waals surface area contributed by atoms with Crippen LogP contribution >= 0.6 is 23.2 Å². The van der Waals surface area contributed by atoms with E-state index in [1.165, 1.54) is 6.07 Å². The summed E-state index contributed by atoms with van der Waals surface area (Å²) in [7, 11) is -1.86. The molecule has 0 spiro atoms. The van der Waals surface area contributed by atoms with Gasteiger partial charge in [-0.25, -0.2) is 13.1 Å². The lowest BCUT2D eigenvalue weighted by molar-refractivity contribution is 0.574. The Labute approximate surface area is 129 Å². The molecule has 0 bridgehead atoms. The van der Waals surface area contributed by atoms with Crippen LogP contribution in [0, 0.1) is 11.8 Å². The molecule has 2 unspecified atom stereocenters. The fourth-order valence-electron chi connectivity index (χ4n) is 2.11. The van der Waals surface area contributed by atoms with E-state index < -0.39 is 10.0 Å². The van der Waals surface area contributed by atoms with Gasteiger partial charge in [0.25, 0.3) is 0 Å². The van der Waals surface area contributed by atoms with E-state index in [0.717, 1.165) is 6.42 Å². The number of hydrogen-bond acceptors (Lipinski definition) is 3. The molecule has 20 heavy (non-hydrogen) atoms. The molecule has 112 valence electrons. The number of halogens is 2. The molecule has 1 aliphatic rings. The van der Waals surface area contributed by atoms with E-state index in [9.17, 15) is 8.42 Å². The van der Waals surface area contributed by atoms with E-state index in [4.69, 9.17) is 23.2 Å². The van der Waals surface area contributed by atoms with Crippen LogP contribution in [0.1, 0.15) is 18.9 Å². The van der Waals surface area contributed by atoms with Crippen LogP contribution in [0.5, 0.6) is 0 Å².